The Morgan fingerprint density at radius 1 is 0.582 bits per heavy atom. The van der Waals surface area contributed by atoms with Crippen molar-refractivity contribution < 1.29 is 51.4 Å². The van der Waals surface area contributed by atoms with E-state index in [9.17, 15) is 38.3 Å². The average Bonchev–Trinajstić information content (AvgIpc) is 1.07. The molecule has 0 radical (unpaired) electrons. The lowest BCUT2D eigenvalue weighted by atomic mass is 9.80. The Morgan fingerprint density at radius 3 is 1.28 bits per heavy atom. The van der Waals surface area contributed by atoms with Crippen molar-refractivity contribution in [2.45, 2.75) is 130 Å². The van der Waals surface area contributed by atoms with Gasteiger partial charge in [0.1, 0.15) is 51.6 Å². The summed E-state index contributed by atoms with van der Waals surface area (Å²) in [5.41, 5.74) is 19.9. The fraction of sp³-hybridized carbons (Fsp3) is 0.314. The van der Waals surface area contributed by atoms with Crippen LogP contribution in [0.3, 0.4) is 0 Å². The zero-order valence-electron chi connectivity index (χ0n) is 54.7. The molecule has 4 aliphatic rings. The Labute approximate surface area is 573 Å². The second kappa shape index (κ2) is 27.6. The monoisotopic (exact) mass is 1440 g/mol. The molecule has 502 valence electrons. The topological polar surface area (TPSA) is 304 Å². The van der Waals surface area contributed by atoms with Gasteiger partial charge < -0.3 is 54.8 Å². The number of benzene rings is 3. The molecule has 3 aromatic carbocycles. The fourth-order valence-electron chi connectivity index (χ4n) is 11.6. The third-order valence-electron chi connectivity index (χ3n) is 17.7. The molecule has 1 saturated heterocycles. The number of hydrogen-bond acceptors (Lipinski definition) is 16. The van der Waals surface area contributed by atoms with Crippen molar-refractivity contribution in [3.63, 3.8) is 0 Å². The van der Waals surface area contributed by atoms with Gasteiger partial charge in [-0.15, -0.1) is 0 Å². The van der Waals surface area contributed by atoms with E-state index >= 15 is 8.78 Å². The average molecular weight is 1450 g/mol. The summed E-state index contributed by atoms with van der Waals surface area (Å²) in [5, 5.41) is 9.75. The number of nitrogen functional groups attached to an aromatic ring is 3. The number of nitrogens with zero attached hydrogens (tertiary/aromatic N) is 9. The summed E-state index contributed by atoms with van der Waals surface area (Å²) in [7, 11) is -0.511. The number of fused-ring (bicyclic) bond motifs is 3. The molecular formula is C70H65BF3IN12O11. The number of anilines is 3. The van der Waals surface area contributed by atoms with Crippen molar-refractivity contribution in [1.29, 1.82) is 0 Å². The quantitative estimate of drug-likeness (QED) is 0.0405. The van der Waals surface area contributed by atoms with Crippen LogP contribution in [0.5, 0.6) is 0 Å². The summed E-state index contributed by atoms with van der Waals surface area (Å²) in [4.78, 5) is 95.9. The standard InChI is InChI=1S/C22H19FN4O3.C20H15FN4O3.C16H15FINO3.C12H16BN3O2/c1-4-30-22(29)15-10-27(13-5-6-13)19-11(2)18(16(23)8-14(19)20(15)28)12-7-17(25-3)21(24)26-9-12;1-9-16(10-5-15(23-2)19(22)24-7-10)14(21)6-12-17(9)25(11-3-4-11)8-13(18(12)26)20(27)28;1-3-22-16(21)11-7-19(9-4-5-9)14-8(2)13(18)12(17)6-10(14)15(11)20;1-11(2)12(3,4)18-13(17-11)8-6-9(15-5)10(14)16-7-8/h7-10,13H,4-6H2,1-2H3,(H2,24,26);5-8,11H,3-4H2,1H3,(H2,22,24)(H,27,28);6-7,9H,3-5H2,1-2H3;6-7H,1-4H3,(H2,14,16). The zero-order valence-corrected chi connectivity index (χ0v) is 56.9. The van der Waals surface area contributed by atoms with E-state index in [1.54, 1.807) is 57.6 Å². The lowest BCUT2D eigenvalue weighted by molar-refractivity contribution is 0.00578. The Bertz CT molecular complexity index is 5160. The van der Waals surface area contributed by atoms with Gasteiger partial charge >= 0.3 is 25.0 Å². The molecule has 0 spiro atoms. The highest BCUT2D eigenvalue weighted by Gasteiger charge is 2.52. The number of hydrogen-bond donors (Lipinski definition) is 4. The molecule has 3 aliphatic carbocycles. The van der Waals surface area contributed by atoms with Crippen molar-refractivity contribution in [1.82, 2.24) is 28.7 Å². The van der Waals surface area contributed by atoms with Crippen molar-refractivity contribution in [3.8, 4) is 22.3 Å². The SMILES string of the molecule is CCOC(=O)c1cn(C2CC2)c2c(C)c(I)c(F)cc2c1=O.[C-]#[N+]c1cc(-c2c(F)cc3c(=O)c(C(=O)O)cn(C4CC4)c3c2C)cnc1N.[C-]#[N+]c1cc(-c2c(F)cc3c(=O)c(C(=O)OCC)cn(C4CC4)c3c2C)cnc1N.[C-]#[N+]c1cc(B2OC(C)(C)C(C)(C)O2)cnc1N. The van der Waals surface area contributed by atoms with E-state index in [2.05, 4.69) is 29.5 Å². The first kappa shape index (κ1) is 70.3. The van der Waals surface area contributed by atoms with Crippen LogP contribution in [0.25, 0.3) is 69.5 Å². The highest BCUT2D eigenvalue weighted by Crippen LogP contribution is 2.44. The van der Waals surface area contributed by atoms with Crippen molar-refractivity contribution in [2.24, 2.45) is 0 Å². The van der Waals surface area contributed by atoms with Crippen molar-refractivity contribution in [3.05, 3.63) is 193 Å². The van der Waals surface area contributed by atoms with Crippen LogP contribution in [0.2, 0.25) is 0 Å². The maximum atomic E-state index is 15.2. The smallest absolute Gasteiger partial charge is 0.477 e. The Kier molecular flexibility index (Phi) is 19.8. The zero-order chi connectivity index (χ0) is 71.3. The van der Waals surface area contributed by atoms with E-state index in [-0.39, 0.29) is 104 Å². The summed E-state index contributed by atoms with van der Waals surface area (Å²) < 4.78 is 72.1. The van der Waals surface area contributed by atoms with Crippen LogP contribution in [0, 0.1) is 61.5 Å². The van der Waals surface area contributed by atoms with Crippen molar-refractivity contribution in [2.75, 3.05) is 30.4 Å². The van der Waals surface area contributed by atoms with Crippen LogP contribution >= 0.6 is 22.6 Å². The fourth-order valence-corrected chi connectivity index (χ4v) is 12.0. The van der Waals surface area contributed by atoms with Crippen LogP contribution in [0.4, 0.5) is 47.7 Å². The molecule has 0 unspecified atom stereocenters. The van der Waals surface area contributed by atoms with Gasteiger partial charge in [0.05, 0.1) is 64.3 Å². The molecule has 0 bridgehead atoms. The van der Waals surface area contributed by atoms with Gasteiger partial charge in [0.2, 0.25) is 33.3 Å². The molecule has 13 rings (SSSR count). The number of aryl methyl sites for hydroxylation is 3. The molecule has 6 aromatic heterocycles. The Morgan fingerprint density at radius 2 is 0.918 bits per heavy atom. The second-order valence-corrected chi connectivity index (χ2v) is 25.9. The van der Waals surface area contributed by atoms with Crippen LogP contribution in [-0.2, 0) is 18.8 Å². The molecule has 9 aromatic rings. The number of carboxylic acid groups (broad SMARTS) is 1. The van der Waals surface area contributed by atoms with Gasteiger partial charge in [0, 0.05) is 82.6 Å². The van der Waals surface area contributed by atoms with Gasteiger partial charge in [0.15, 0.2) is 0 Å². The molecule has 28 heteroatoms. The Hall–Kier alpha value is -10.5. The molecule has 23 nitrogen and oxygen atoms in total. The summed E-state index contributed by atoms with van der Waals surface area (Å²) in [5.74, 6) is -4.12. The number of halogens is 4. The van der Waals surface area contributed by atoms with E-state index in [0.717, 1.165) is 56.2 Å². The first-order valence-corrected chi connectivity index (χ1v) is 32.1. The molecular weight excluding hydrogens is 1380 g/mol. The predicted molar refractivity (Wildman–Crippen MR) is 374 cm³/mol. The van der Waals surface area contributed by atoms with Crippen LogP contribution < -0.4 is 39.0 Å². The molecule has 7 heterocycles. The second-order valence-electron chi connectivity index (χ2n) is 24.8. The third kappa shape index (κ3) is 13.5. The molecule has 3 saturated carbocycles. The van der Waals surface area contributed by atoms with E-state index < -0.39 is 70.0 Å². The molecule has 98 heavy (non-hydrogen) atoms. The normalized spacial score (nSPS) is 14.9. The number of nitrogens with two attached hydrogens (primary N) is 3. The minimum atomic E-state index is -1.34. The summed E-state index contributed by atoms with van der Waals surface area (Å²) >= 11 is 1.94. The highest BCUT2D eigenvalue weighted by molar-refractivity contribution is 14.1. The molecule has 0 amide bonds. The van der Waals surface area contributed by atoms with E-state index in [1.807, 2.05) is 59.4 Å². The van der Waals surface area contributed by atoms with Crippen molar-refractivity contribution >= 4 is 120 Å². The number of rotatable bonds is 11. The van der Waals surface area contributed by atoms with Gasteiger partial charge in [-0.3, -0.25) is 29.3 Å². The Balaban J connectivity index is 0.000000144. The van der Waals surface area contributed by atoms with Gasteiger partial charge in [-0.25, -0.2) is 42.1 Å². The molecule has 4 fully saturated rings. The highest BCUT2D eigenvalue weighted by atomic mass is 127. The maximum Gasteiger partial charge on any atom is 0.495 e. The van der Waals surface area contributed by atoms with Gasteiger partial charge in [-0.2, -0.15) is 0 Å². The molecule has 7 N–H and O–H groups in total. The number of carbonyl (C=O) groups is 3. The summed E-state index contributed by atoms with van der Waals surface area (Å²) in [6.45, 7) is 38.2. The van der Waals surface area contributed by atoms with Gasteiger partial charge in [-0.05, 0) is 187 Å². The number of aromatic nitrogens is 6. The minimum Gasteiger partial charge on any atom is -0.477 e. The van der Waals surface area contributed by atoms with E-state index in [0.29, 0.717) is 53.5 Å². The number of carbonyl (C=O) groups excluding carboxylic acids is 2. The minimum absolute atomic E-state index is 0.0266. The number of esters is 2. The number of pyridine rings is 6. The number of ether oxygens (including phenoxy) is 2. The summed E-state index contributed by atoms with van der Waals surface area (Å²) in [6.07, 6.45) is 14.3. The number of carboxylic acids is 1. The van der Waals surface area contributed by atoms with Gasteiger partial charge in [0.25, 0.3) is 0 Å². The van der Waals surface area contributed by atoms with Crippen LogP contribution in [0.15, 0.2) is 88.0 Å². The van der Waals surface area contributed by atoms with Gasteiger partial charge in [-0.1, -0.05) is 6.07 Å². The van der Waals surface area contributed by atoms with E-state index in [4.69, 9.17) is 55.7 Å². The predicted octanol–water partition coefficient (Wildman–Crippen LogP) is 12.9. The maximum absolute atomic E-state index is 15.2. The first-order valence-electron chi connectivity index (χ1n) is 31.0. The lowest BCUT2D eigenvalue weighted by Crippen LogP contribution is -2.41. The first-order chi connectivity index (χ1) is 46.4. The number of aromatic carboxylic acids is 1. The largest absolute Gasteiger partial charge is 0.495 e. The van der Waals surface area contributed by atoms with E-state index in [1.165, 1.54) is 43.0 Å². The molecule has 1 aliphatic heterocycles. The molecule has 0 atom stereocenters. The summed E-state index contributed by atoms with van der Waals surface area (Å²) in [6, 6.07) is 8.51. The van der Waals surface area contributed by atoms with Crippen LogP contribution in [0.1, 0.15) is 146 Å². The van der Waals surface area contributed by atoms with Crippen LogP contribution in [-0.4, -0.2) is 83.2 Å². The third-order valence-corrected chi connectivity index (χ3v) is 19.0. The lowest BCUT2D eigenvalue weighted by Gasteiger charge is -2.32.